The number of carboxylic acid groups (broad SMARTS) is 1. The first-order chi connectivity index (χ1) is 7.88. The number of nitrogens with zero attached hydrogens (tertiary/aromatic N) is 1. The molecule has 4 N–H and O–H groups in total. The molecule has 1 aromatic rings. The van der Waals surface area contributed by atoms with Gasteiger partial charge < -0.3 is 20.7 Å². The molecule has 1 rings (SSSR count). The van der Waals surface area contributed by atoms with Crippen LogP contribution in [0, 0.1) is 10.1 Å². The Labute approximate surface area is 95.4 Å². The summed E-state index contributed by atoms with van der Waals surface area (Å²) in [5.74, 6) is -2.21. The number of carboxylic acids is 1. The number of carbonyl (C=O) groups is 1. The molecule has 17 heavy (non-hydrogen) atoms. The number of aliphatic carboxylic acids is 1. The summed E-state index contributed by atoms with van der Waals surface area (Å²) in [6.07, 6.45) is 0. The van der Waals surface area contributed by atoms with Crippen LogP contribution >= 0.6 is 0 Å². The zero-order valence-electron chi connectivity index (χ0n) is 8.78. The largest absolute Gasteiger partial charge is 0.500 e. The van der Waals surface area contributed by atoms with Gasteiger partial charge in [-0.2, -0.15) is 0 Å². The van der Waals surface area contributed by atoms with E-state index in [0.29, 0.717) is 0 Å². The van der Waals surface area contributed by atoms with E-state index in [2.05, 4.69) is 0 Å². The number of nitro groups is 1. The predicted molar refractivity (Wildman–Crippen MR) is 55.9 cm³/mol. The maximum Gasteiger partial charge on any atom is 0.325 e. The zero-order valence-corrected chi connectivity index (χ0v) is 8.78. The lowest BCUT2D eigenvalue weighted by molar-refractivity contribution is -0.386. The lowest BCUT2D eigenvalue weighted by Gasteiger charge is -2.10. The number of benzene rings is 1. The van der Waals surface area contributed by atoms with E-state index in [1.54, 1.807) is 0 Å². The van der Waals surface area contributed by atoms with Crippen molar-refractivity contribution >= 4 is 11.7 Å². The molecule has 0 aromatic heterocycles. The van der Waals surface area contributed by atoms with Crippen molar-refractivity contribution in [2.75, 3.05) is 7.11 Å². The Kier molecular flexibility index (Phi) is 3.49. The molecule has 0 unspecified atom stereocenters. The number of nitro benzene ring substituents is 1. The highest BCUT2D eigenvalue weighted by Gasteiger charge is 2.24. The summed E-state index contributed by atoms with van der Waals surface area (Å²) in [6, 6.07) is 0.612. The smallest absolute Gasteiger partial charge is 0.325 e. The van der Waals surface area contributed by atoms with Crippen molar-refractivity contribution in [2.24, 2.45) is 5.73 Å². The second-order valence-corrected chi connectivity index (χ2v) is 3.16. The normalized spacial score (nSPS) is 11.9. The Morgan fingerprint density at radius 1 is 1.59 bits per heavy atom. The van der Waals surface area contributed by atoms with E-state index >= 15 is 0 Å². The van der Waals surface area contributed by atoms with Crippen LogP contribution < -0.4 is 10.5 Å². The molecular weight excluding hydrogens is 232 g/mol. The Morgan fingerprint density at radius 2 is 2.18 bits per heavy atom. The number of phenolic OH excluding ortho intramolecular Hbond substituents is 1. The summed E-state index contributed by atoms with van der Waals surface area (Å²) >= 11 is 0. The van der Waals surface area contributed by atoms with Crippen LogP contribution in [0.4, 0.5) is 5.69 Å². The molecule has 8 heteroatoms. The minimum atomic E-state index is -1.43. The molecule has 0 fully saturated rings. The van der Waals surface area contributed by atoms with Crippen molar-refractivity contribution < 1.29 is 24.7 Å². The van der Waals surface area contributed by atoms with Gasteiger partial charge in [0, 0.05) is 6.07 Å². The van der Waals surface area contributed by atoms with Crippen molar-refractivity contribution in [3.05, 3.63) is 27.8 Å². The second-order valence-electron chi connectivity index (χ2n) is 3.16. The molecule has 0 heterocycles. The number of aromatic hydroxyl groups is 1. The monoisotopic (exact) mass is 242 g/mol. The predicted octanol–water partition coefficient (Wildman–Crippen LogP) is 0.393. The number of methoxy groups -OCH3 is 1. The van der Waals surface area contributed by atoms with Crippen molar-refractivity contribution in [1.82, 2.24) is 0 Å². The second kappa shape index (κ2) is 4.66. The van der Waals surface area contributed by atoms with E-state index in [0.717, 1.165) is 12.1 Å². The van der Waals surface area contributed by atoms with E-state index in [4.69, 9.17) is 15.6 Å². The summed E-state index contributed by atoms with van der Waals surface area (Å²) in [4.78, 5) is 20.5. The van der Waals surface area contributed by atoms with E-state index < -0.39 is 28.4 Å². The Hall–Kier alpha value is -2.35. The third-order valence-electron chi connectivity index (χ3n) is 2.12. The first-order valence-corrected chi connectivity index (χ1v) is 4.42. The summed E-state index contributed by atoms with van der Waals surface area (Å²) in [5, 5.41) is 28.8. The molecule has 0 spiro atoms. The highest BCUT2D eigenvalue weighted by Crippen LogP contribution is 2.38. The maximum absolute atomic E-state index is 10.7. The topological polar surface area (TPSA) is 136 Å². The molecule has 0 bridgehead atoms. The number of phenols is 1. The minimum Gasteiger partial charge on any atom is -0.500 e. The van der Waals surface area contributed by atoms with Crippen LogP contribution in [-0.4, -0.2) is 28.2 Å². The van der Waals surface area contributed by atoms with Crippen LogP contribution in [0.25, 0.3) is 0 Å². The van der Waals surface area contributed by atoms with Crippen LogP contribution in [0.3, 0.4) is 0 Å². The highest BCUT2D eigenvalue weighted by atomic mass is 16.6. The van der Waals surface area contributed by atoms with E-state index in [1.807, 2.05) is 0 Å². The van der Waals surface area contributed by atoms with Crippen LogP contribution in [0.1, 0.15) is 11.6 Å². The van der Waals surface area contributed by atoms with Gasteiger partial charge in [0.1, 0.15) is 6.04 Å². The van der Waals surface area contributed by atoms with Gasteiger partial charge in [-0.3, -0.25) is 14.9 Å². The molecule has 1 aromatic carbocycles. The molecule has 1 atom stereocenters. The highest BCUT2D eigenvalue weighted by molar-refractivity contribution is 5.76. The number of nitrogens with two attached hydrogens (primary N) is 1. The van der Waals surface area contributed by atoms with Crippen molar-refractivity contribution in [2.45, 2.75) is 6.04 Å². The zero-order chi connectivity index (χ0) is 13.2. The van der Waals surface area contributed by atoms with Gasteiger partial charge in [-0.25, -0.2) is 0 Å². The fraction of sp³-hybridized carbons (Fsp3) is 0.222. The molecule has 0 saturated heterocycles. The molecular formula is C9H10N2O6. The average molecular weight is 242 g/mol. The van der Waals surface area contributed by atoms with Gasteiger partial charge in [-0.1, -0.05) is 0 Å². The standard InChI is InChI=1S/C9H10N2O6/c1-17-6-3-4(7(10)9(13)14)2-5(8(6)12)11(15)16/h2-3,7,12H,10H2,1H3,(H,13,14)/t7-/m1/s1. The molecule has 0 saturated carbocycles. The molecule has 0 aliphatic heterocycles. The Bertz CT molecular complexity index is 473. The van der Waals surface area contributed by atoms with Gasteiger partial charge in [-0.05, 0) is 11.6 Å². The van der Waals surface area contributed by atoms with Gasteiger partial charge in [-0.15, -0.1) is 0 Å². The van der Waals surface area contributed by atoms with Crippen LogP contribution in [0.15, 0.2) is 12.1 Å². The van der Waals surface area contributed by atoms with Crippen LogP contribution in [-0.2, 0) is 4.79 Å². The van der Waals surface area contributed by atoms with Gasteiger partial charge in [0.15, 0.2) is 5.75 Å². The molecule has 0 radical (unpaired) electrons. The molecule has 0 aliphatic carbocycles. The van der Waals surface area contributed by atoms with Crippen molar-refractivity contribution in [3.63, 3.8) is 0 Å². The van der Waals surface area contributed by atoms with Crippen molar-refractivity contribution in [1.29, 1.82) is 0 Å². The van der Waals surface area contributed by atoms with E-state index in [-0.39, 0.29) is 11.3 Å². The molecule has 0 amide bonds. The van der Waals surface area contributed by atoms with Gasteiger partial charge in [0.05, 0.1) is 12.0 Å². The number of hydrogen-bond acceptors (Lipinski definition) is 6. The summed E-state index contributed by atoms with van der Waals surface area (Å²) in [6.45, 7) is 0. The van der Waals surface area contributed by atoms with Gasteiger partial charge >= 0.3 is 11.7 Å². The lowest BCUT2D eigenvalue weighted by atomic mass is 10.1. The SMILES string of the molecule is COc1cc([C@@H](N)C(=O)O)cc([N+](=O)[O-])c1O. The lowest BCUT2D eigenvalue weighted by Crippen LogP contribution is -2.20. The maximum atomic E-state index is 10.7. The van der Waals surface area contributed by atoms with Gasteiger partial charge in [0.25, 0.3) is 0 Å². The molecule has 8 nitrogen and oxygen atoms in total. The average Bonchev–Trinajstić information content (AvgIpc) is 2.27. The van der Waals surface area contributed by atoms with E-state index in [1.165, 1.54) is 7.11 Å². The summed E-state index contributed by atoms with van der Waals surface area (Å²) < 4.78 is 4.70. The Balaban J connectivity index is 3.39. The summed E-state index contributed by atoms with van der Waals surface area (Å²) in [7, 11) is 1.19. The third kappa shape index (κ3) is 2.42. The number of rotatable bonds is 4. The first kappa shape index (κ1) is 12.7. The van der Waals surface area contributed by atoms with Crippen LogP contribution in [0.5, 0.6) is 11.5 Å². The first-order valence-electron chi connectivity index (χ1n) is 4.42. The molecule has 0 aliphatic rings. The quantitative estimate of drug-likeness (QED) is 0.513. The number of ether oxygens (including phenoxy) is 1. The van der Waals surface area contributed by atoms with E-state index in [9.17, 15) is 20.0 Å². The third-order valence-corrected chi connectivity index (χ3v) is 2.12. The summed E-state index contributed by atoms with van der Waals surface area (Å²) in [5.41, 5.74) is 4.64. The van der Waals surface area contributed by atoms with Crippen LogP contribution in [0.2, 0.25) is 0 Å². The molecule has 92 valence electrons. The van der Waals surface area contributed by atoms with Crippen molar-refractivity contribution in [3.8, 4) is 11.5 Å². The Morgan fingerprint density at radius 3 is 2.59 bits per heavy atom. The minimum absolute atomic E-state index is 0.0288. The number of hydrogen-bond donors (Lipinski definition) is 3. The fourth-order valence-electron chi connectivity index (χ4n) is 1.23. The fourth-order valence-corrected chi connectivity index (χ4v) is 1.23. The van der Waals surface area contributed by atoms with Gasteiger partial charge in [0.2, 0.25) is 5.75 Å².